The monoisotopic (exact) mass is 426 g/mol. The first-order valence-electron chi connectivity index (χ1n) is 8.01. The van der Waals surface area contributed by atoms with E-state index in [0.29, 0.717) is 5.65 Å². The third-order valence-electron chi connectivity index (χ3n) is 4.24. The molecule has 2 heterocycles. The van der Waals surface area contributed by atoms with Crippen LogP contribution in [-0.2, 0) is 10.0 Å². The lowest BCUT2D eigenvalue weighted by Gasteiger charge is -2.07. The van der Waals surface area contributed by atoms with Gasteiger partial charge in [0.05, 0.1) is 4.90 Å². The van der Waals surface area contributed by atoms with E-state index in [1.54, 1.807) is 36.7 Å². The first-order valence-corrected chi connectivity index (χ1v) is 10.2. The third kappa shape index (κ3) is 2.85. The van der Waals surface area contributed by atoms with Crippen LogP contribution in [0, 0.1) is 6.92 Å². The summed E-state index contributed by atoms with van der Waals surface area (Å²) in [6.07, 6.45) is 3.26. The topological polar surface area (TPSA) is 52.0 Å². The largest absolute Gasteiger partial charge is 0.269 e. The number of hydrogen-bond acceptors (Lipinski definition) is 3. The molecule has 2 aromatic heterocycles. The highest BCUT2D eigenvalue weighted by molar-refractivity contribution is 9.10. The standard InChI is InChI=1S/C20H15BrN2O2S/c1-14-7-9-17(10-8-14)26(24,25)23-13-19(15-5-3-2-4-6-15)18-11-16(21)12-22-20(18)23/h2-13H,1H3. The molecule has 2 aromatic carbocycles. The van der Waals surface area contributed by atoms with Crippen molar-refractivity contribution in [1.82, 2.24) is 8.96 Å². The van der Waals surface area contributed by atoms with Crippen LogP contribution in [0.1, 0.15) is 5.56 Å². The summed E-state index contributed by atoms with van der Waals surface area (Å²) in [6.45, 7) is 1.92. The highest BCUT2D eigenvalue weighted by Crippen LogP contribution is 2.33. The third-order valence-corrected chi connectivity index (χ3v) is 6.34. The molecule has 0 aliphatic carbocycles. The van der Waals surface area contributed by atoms with Gasteiger partial charge in [-0.2, -0.15) is 0 Å². The zero-order valence-corrected chi connectivity index (χ0v) is 16.3. The molecule has 0 saturated carbocycles. The summed E-state index contributed by atoms with van der Waals surface area (Å²) >= 11 is 3.43. The van der Waals surface area contributed by atoms with Crippen LogP contribution >= 0.6 is 15.9 Å². The molecule has 6 heteroatoms. The Hall–Kier alpha value is -2.44. The molecule has 0 aliphatic heterocycles. The van der Waals surface area contributed by atoms with E-state index in [1.807, 2.05) is 43.3 Å². The first-order chi connectivity index (χ1) is 12.5. The van der Waals surface area contributed by atoms with Gasteiger partial charge < -0.3 is 0 Å². The van der Waals surface area contributed by atoms with Gasteiger partial charge in [-0.15, -0.1) is 0 Å². The highest BCUT2D eigenvalue weighted by Gasteiger charge is 2.22. The van der Waals surface area contributed by atoms with E-state index in [9.17, 15) is 8.42 Å². The number of fused-ring (bicyclic) bond motifs is 1. The number of aromatic nitrogens is 2. The van der Waals surface area contributed by atoms with Gasteiger partial charge in [-0.3, -0.25) is 0 Å². The summed E-state index contributed by atoms with van der Waals surface area (Å²) in [5.41, 5.74) is 3.18. The Bertz CT molecular complexity index is 1200. The lowest BCUT2D eigenvalue weighted by molar-refractivity contribution is 0.589. The van der Waals surface area contributed by atoms with Crippen molar-refractivity contribution in [2.75, 3.05) is 0 Å². The van der Waals surface area contributed by atoms with Crippen LogP contribution in [0.4, 0.5) is 0 Å². The van der Waals surface area contributed by atoms with Gasteiger partial charge in [0.2, 0.25) is 0 Å². The molecule has 4 rings (SSSR count). The van der Waals surface area contributed by atoms with E-state index in [1.165, 1.54) is 3.97 Å². The van der Waals surface area contributed by atoms with Crippen LogP contribution in [0.2, 0.25) is 0 Å². The van der Waals surface area contributed by atoms with Gasteiger partial charge in [0.15, 0.2) is 5.65 Å². The second-order valence-electron chi connectivity index (χ2n) is 6.05. The van der Waals surface area contributed by atoms with Crippen molar-refractivity contribution in [3.8, 4) is 11.1 Å². The summed E-state index contributed by atoms with van der Waals surface area (Å²) < 4.78 is 28.5. The molecule has 0 spiro atoms. The molecule has 130 valence electrons. The van der Waals surface area contributed by atoms with Crippen molar-refractivity contribution in [2.24, 2.45) is 0 Å². The smallest absolute Gasteiger partial charge is 0.236 e. The summed E-state index contributed by atoms with van der Waals surface area (Å²) in [5.74, 6) is 0. The molecule has 0 bridgehead atoms. The summed E-state index contributed by atoms with van der Waals surface area (Å²) in [5, 5.41) is 0.779. The Labute approximate surface area is 160 Å². The number of rotatable bonds is 3. The molecule has 0 N–H and O–H groups in total. The van der Waals surface area contributed by atoms with E-state index in [0.717, 1.165) is 26.5 Å². The quantitative estimate of drug-likeness (QED) is 0.462. The number of nitrogens with zero attached hydrogens (tertiary/aromatic N) is 2. The Morgan fingerprint density at radius 2 is 1.69 bits per heavy atom. The van der Waals surface area contributed by atoms with Crippen LogP contribution in [0.5, 0.6) is 0 Å². The van der Waals surface area contributed by atoms with Gasteiger partial charge in [0.1, 0.15) is 0 Å². The van der Waals surface area contributed by atoms with E-state index >= 15 is 0 Å². The predicted molar refractivity (Wildman–Crippen MR) is 107 cm³/mol. The zero-order valence-electron chi connectivity index (χ0n) is 13.9. The number of aryl methyl sites for hydroxylation is 1. The van der Waals surface area contributed by atoms with Crippen LogP contribution in [-0.4, -0.2) is 17.4 Å². The van der Waals surface area contributed by atoms with E-state index < -0.39 is 10.0 Å². The lowest BCUT2D eigenvalue weighted by Crippen LogP contribution is -2.12. The Morgan fingerprint density at radius 3 is 2.38 bits per heavy atom. The molecular weight excluding hydrogens is 412 g/mol. The van der Waals surface area contributed by atoms with Gasteiger partial charge in [-0.05, 0) is 46.6 Å². The second-order valence-corrected chi connectivity index (χ2v) is 8.78. The highest BCUT2D eigenvalue weighted by atomic mass is 79.9. The second kappa shape index (κ2) is 6.37. The van der Waals surface area contributed by atoms with E-state index in [2.05, 4.69) is 20.9 Å². The zero-order chi connectivity index (χ0) is 18.3. The van der Waals surface area contributed by atoms with Crippen molar-refractivity contribution in [3.63, 3.8) is 0 Å². The summed E-state index contributed by atoms with van der Waals surface area (Å²) in [4.78, 5) is 4.61. The van der Waals surface area contributed by atoms with Crippen molar-refractivity contribution in [3.05, 3.63) is 83.1 Å². The van der Waals surface area contributed by atoms with Crippen molar-refractivity contribution < 1.29 is 8.42 Å². The molecule has 0 fully saturated rings. The molecule has 4 aromatic rings. The fourth-order valence-electron chi connectivity index (χ4n) is 2.91. The normalized spacial score (nSPS) is 11.8. The minimum Gasteiger partial charge on any atom is -0.236 e. The summed E-state index contributed by atoms with van der Waals surface area (Å²) in [6, 6.07) is 18.4. The van der Waals surface area contributed by atoms with Gasteiger partial charge in [-0.1, -0.05) is 48.0 Å². The molecule has 26 heavy (non-hydrogen) atoms. The van der Waals surface area contributed by atoms with E-state index in [4.69, 9.17) is 0 Å². The Kier molecular flexibility index (Phi) is 4.17. The maximum absolute atomic E-state index is 13.2. The van der Waals surface area contributed by atoms with E-state index in [-0.39, 0.29) is 4.90 Å². The average Bonchev–Trinajstić information content (AvgIpc) is 3.02. The number of hydrogen-bond donors (Lipinski definition) is 0. The van der Waals surface area contributed by atoms with Crippen LogP contribution in [0.25, 0.3) is 22.2 Å². The lowest BCUT2D eigenvalue weighted by atomic mass is 10.1. The fourth-order valence-corrected chi connectivity index (χ4v) is 4.56. The SMILES string of the molecule is Cc1ccc(S(=O)(=O)n2cc(-c3ccccc3)c3cc(Br)cnc32)cc1. The average molecular weight is 427 g/mol. The number of benzene rings is 2. The Balaban J connectivity index is 2.01. The Morgan fingerprint density at radius 1 is 1.00 bits per heavy atom. The predicted octanol–water partition coefficient (Wildman–Crippen LogP) is 5.01. The molecule has 0 atom stereocenters. The molecule has 0 saturated heterocycles. The number of pyridine rings is 1. The van der Waals surface area contributed by atoms with Crippen LogP contribution in [0.3, 0.4) is 0 Å². The van der Waals surface area contributed by atoms with Gasteiger partial charge in [0.25, 0.3) is 10.0 Å². The van der Waals surface area contributed by atoms with Crippen LogP contribution in [0.15, 0.2) is 82.4 Å². The van der Waals surface area contributed by atoms with Gasteiger partial charge in [0, 0.05) is 27.8 Å². The maximum atomic E-state index is 13.2. The summed E-state index contributed by atoms with van der Waals surface area (Å²) in [7, 11) is -3.74. The van der Waals surface area contributed by atoms with Crippen molar-refractivity contribution in [2.45, 2.75) is 11.8 Å². The minimum absolute atomic E-state index is 0.240. The molecule has 0 radical (unpaired) electrons. The maximum Gasteiger partial charge on any atom is 0.269 e. The number of halogens is 1. The molecule has 0 amide bonds. The molecule has 4 nitrogen and oxygen atoms in total. The van der Waals surface area contributed by atoms with Crippen LogP contribution < -0.4 is 0 Å². The first kappa shape index (κ1) is 17.0. The van der Waals surface area contributed by atoms with Gasteiger partial charge in [-0.25, -0.2) is 17.4 Å². The van der Waals surface area contributed by atoms with Crippen molar-refractivity contribution >= 4 is 37.0 Å². The minimum atomic E-state index is -3.74. The molecule has 0 unspecified atom stereocenters. The van der Waals surface area contributed by atoms with Crippen molar-refractivity contribution in [1.29, 1.82) is 0 Å². The fraction of sp³-hybridized carbons (Fsp3) is 0.0500. The molecular formula is C20H15BrN2O2S. The van der Waals surface area contributed by atoms with Gasteiger partial charge >= 0.3 is 0 Å². The molecule has 0 aliphatic rings.